The third kappa shape index (κ3) is 1.98. The molecule has 0 fully saturated rings. The zero-order valence-corrected chi connectivity index (χ0v) is 7.79. The second-order valence-electron chi connectivity index (χ2n) is 3.66. The molecule has 0 aromatic carbocycles. The number of rotatable bonds is 2. The van der Waals surface area contributed by atoms with Crippen LogP contribution < -0.4 is 0 Å². The highest BCUT2D eigenvalue weighted by atomic mass is 16.3. The summed E-state index contributed by atoms with van der Waals surface area (Å²) in [7, 11) is 0. The van der Waals surface area contributed by atoms with Crippen molar-refractivity contribution in [2.24, 2.45) is 5.92 Å². The van der Waals surface area contributed by atoms with Gasteiger partial charge in [0, 0.05) is 5.92 Å². The van der Waals surface area contributed by atoms with Crippen LogP contribution in [0.1, 0.15) is 32.6 Å². The van der Waals surface area contributed by atoms with Crippen molar-refractivity contribution in [3.63, 3.8) is 0 Å². The van der Waals surface area contributed by atoms with Crippen molar-refractivity contribution in [3.8, 4) is 0 Å². The van der Waals surface area contributed by atoms with E-state index in [1.807, 2.05) is 19.1 Å². The predicted molar refractivity (Wildman–Crippen MR) is 51.9 cm³/mol. The standard InChI is InChI=1S/C11H18O/c1-3-10(2)11(12)8-6-4-5-7-9-11/h3,6,8,10,12H,1,4-5,7,9H2,2H3/t10-,11+/m0/s1. The van der Waals surface area contributed by atoms with Crippen LogP contribution in [0.2, 0.25) is 0 Å². The Balaban J connectivity index is 2.72. The Morgan fingerprint density at radius 2 is 2.33 bits per heavy atom. The van der Waals surface area contributed by atoms with Crippen LogP contribution >= 0.6 is 0 Å². The third-order valence-electron chi connectivity index (χ3n) is 2.75. The van der Waals surface area contributed by atoms with E-state index in [0.29, 0.717) is 0 Å². The third-order valence-corrected chi connectivity index (χ3v) is 2.75. The molecule has 0 aliphatic heterocycles. The highest BCUT2D eigenvalue weighted by molar-refractivity contribution is 5.09. The molecular formula is C11H18O. The van der Waals surface area contributed by atoms with Gasteiger partial charge in [0.15, 0.2) is 0 Å². The zero-order valence-electron chi connectivity index (χ0n) is 7.79. The molecule has 0 saturated heterocycles. The molecule has 0 heterocycles. The summed E-state index contributed by atoms with van der Waals surface area (Å²) >= 11 is 0. The van der Waals surface area contributed by atoms with E-state index in [1.165, 1.54) is 6.42 Å². The number of hydrogen-bond acceptors (Lipinski definition) is 1. The molecule has 1 N–H and O–H groups in total. The molecule has 0 saturated carbocycles. The second kappa shape index (κ2) is 3.90. The summed E-state index contributed by atoms with van der Waals surface area (Å²) in [6.45, 7) is 5.73. The van der Waals surface area contributed by atoms with Crippen molar-refractivity contribution >= 4 is 0 Å². The summed E-state index contributed by atoms with van der Waals surface area (Å²) in [6, 6.07) is 0. The molecule has 0 spiro atoms. The molecule has 0 amide bonds. The Hall–Kier alpha value is -0.560. The first-order chi connectivity index (χ1) is 5.69. The van der Waals surface area contributed by atoms with Gasteiger partial charge in [-0.1, -0.05) is 25.2 Å². The van der Waals surface area contributed by atoms with E-state index in [4.69, 9.17) is 0 Å². The SMILES string of the molecule is C=C[C@H](C)[C@@]1(O)C=CCCCC1. The van der Waals surface area contributed by atoms with Crippen molar-refractivity contribution in [3.05, 3.63) is 24.8 Å². The summed E-state index contributed by atoms with van der Waals surface area (Å²) in [5.74, 6) is 0.159. The Morgan fingerprint density at radius 3 is 3.00 bits per heavy atom. The van der Waals surface area contributed by atoms with Gasteiger partial charge in [0.05, 0.1) is 5.60 Å². The fourth-order valence-electron chi connectivity index (χ4n) is 1.62. The minimum Gasteiger partial charge on any atom is -0.385 e. The summed E-state index contributed by atoms with van der Waals surface area (Å²) in [6.07, 6.45) is 10.2. The zero-order chi connectivity index (χ0) is 9.03. The van der Waals surface area contributed by atoms with E-state index >= 15 is 0 Å². The fourth-order valence-corrected chi connectivity index (χ4v) is 1.62. The largest absolute Gasteiger partial charge is 0.385 e. The molecule has 0 aromatic rings. The van der Waals surface area contributed by atoms with Crippen molar-refractivity contribution in [1.29, 1.82) is 0 Å². The predicted octanol–water partition coefficient (Wildman–Crippen LogP) is 2.67. The fraction of sp³-hybridized carbons (Fsp3) is 0.636. The van der Waals surface area contributed by atoms with Crippen molar-refractivity contribution in [2.75, 3.05) is 0 Å². The highest BCUT2D eigenvalue weighted by Gasteiger charge is 2.28. The van der Waals surface area contributed by atoms with Gasteiger partial charge in [-0.15, -0.1) is 6.58 Å². The second-order valence-corrected chi connectivity index (χ2v) is 3.66. The van der Waals surface area contributed by atoms with Gasteiger partial charge in [0.2, 0.25) is 0 Å². The van der Waals surface area contributed by atoms with Gasteiger partial charge in [-0.25, -0.2) is 0 Å². The smallest absolute Gasteiger partial charge is 0.0887 e. The molecule has 0 bridgehead atoms. The van der Waals surface area contributed by atoms with Gasteiger partial charge in [-0.3, -0.25) is 0 Å². The van der Waals surface area contributed by atoms with Gasteiger partial charge < -0.3 is 5.11 Å². The molecule has 12 heavy (non-hydrogen) atoms. The Morgan fingerprint density at radius 1 is 1.58 bits per heavy atom. The molecule has 1 aliphatic carbocycles. The van der Waals surface area contributed by atoms with Gasteiger partial charge >= 0.3 is 0 Å². The van der Waals surface area contributed by atoms with Gasteiger partial charge in [-0.2, -0.15) is 0 Å². The molecule has 1 rings (SSSR count). The van der Waals surface area contributed by atoms with Crippen molar-refractivity contribution in [1.82, 2.24) is 0 Å². The summed E-state index contributed by atoms with van der Waals surface area (Å²) < 4.78 is 0. The summed E-state index contributed by atoms with van der Waals surface area (Å²) in [5, 5.41) is 10.2. The lowest BCUT2D eigenvalue weighted by Crippen LogP contribution is -2.32. The maximum absolute atomic E-state index is 10.2. The maximum atomic E-state index is 10.2. The summed E-state index contributed by atoms with van der Waals surface area (Å²) in [4.78, 5) is 0. The first kappa shape index (κ1) is 9.53. The average Bonchev–Trinajstić information content (AvgIpc) is 2.29. The molecule has 1 heteroatoms. The van der Waals surface area contributed by atoms with E-state index in [0.717, 1.165) is 19.3 Å². The molecule has 2 atom stereocenters. The van der Waals surface area contributed by atoms with E-state index in [2.05, 4.69) is 12.7 Å². The average molecular weight is 166 g/mol. The van der Waals surface area contributed by atoms with E-state index in [1.54, 1.807) is 0 Å². The van der Waals surface area contributed by atoms with Crippen LogP contribution in [0.4, 0.5) is 0 Å². The maximum Gasteiger partial charge on any atom is 0.0887 e. The van der Waals surface area contributed by atoms with Crippen LogP contribution in [0, 0.1) is 5.92 Å². The first-order valence-corrected chi connectivity index (χ1v) is 4.72. The highest BCUT2D eigenvalue weighted by Crippen LogP contribution is 2.29. The summed E-state index contributed by atoms with van der Waals surface area (Å²) in [5.41, 5.74) is -0.627. The first-order valence-electron chi connectivity index (χ1n) is 4.72. The van der Waals surface area contributed by atoms with Gasteiger partial charge in [0.1, 0.15) is 0 Å². The van der Waals surface area contributed by atoms with Crippen molar-refractivity contribution in [2.45, 2.75) is 38.2 Å². The Labute approximate surface area is 74.8 Å². The van der Waals surface area contributed by atoms with Gasteiger partial charge in [-0.05, 0) is 25.7 Å². The van der Waals surface area contributed by atoms with Crippen LogP contribution in [0.15, 0.2) is 24.8 Å². The van der Waals surface area contributed by atoms with E-state index in [-0.39, 0.29) is 5.92 Å². The van der Waals surface area contributed by atoms with E-state index in [9.17, 15) is 5.11 Å². The van der Waals surface area contributed by atoms with E-state index < -0.39 is 5.60 Å². The normalized spacial score (nSPS) is 32.5. The van der Waals surface area contributed by atoms with Gasteiger partial charge in [0.25, 0.3) is 0 Å². The van der Waals surface area contributed by atoms with Crippen LogP contribution in [0.3, 0.4) is 0 Å². The topological polar surface area (TPSA) is 20.2 Å². The van der Waals surface area contributed by atoms with Crippen molar-refractivity contribution < 1.29 is 5.11 Å². The molecule has 0 unspecified atom stereocenters. The minimum atomic E-state index is -0.627. The Bertz CT molecular complexity index is 183. The molecule has 68 valence electrons. The van der Waals surface area contributed by atoms with Crippen LogP contribution in [0.25, 0.3) is 0 Å². The molecule has 0 radical (unpaired) electrons. The number of hydrogen-bond donors (Lipinski definition) is 1. The molecular weight excluding hydrogens is 148 g/mol. The molecule has 1 nitrogen and oxygen atoms in total. The minimum absolute atomic E-state index is 0.159. The number of allylic oxidation sites excluding steroid dienone is 1. The van der Waals surface area contributed by atoms with Crippen LogP contribution in [0.5, 0.6) is 0 Å². The lowest BCUT2D eigenvalue weighted by molar-refractivity contribution is 0.0454. The van der Waals surface area contributed by atoms with Crippen LogP contribution in [-0.2, 0) is 0 Å². The quantitative estimate of drug-likeness (QED) is 0.625. The molecule has 0 aromatic heterocycles. The molecule has 1 aliphatic rings. The lowest BCUT2D eigenvalue weighted by Gasteiger charge is -2.28. The van der Waals surface area contributed by atoms with Crippen LogP contribution in [-0.4, -0.2) is 10.7 Å². The number of aliphatic hydroxyl groups is 1. The Kier molecular flexibility index (Phi) is 3.10. The monoisotopic (exact) mass is 166 g/mol. The lowest BCUT2D eigenvalue weighted by atomic mass is 9.85.